The van der Waals surface area contributed by atoms with Crippen molar-refractivity contribution in [1.82, 2.24) is 0 Å². The van der Waals surface area contributed by atoms with Crippen molar-refractivity contribution in [3.05, 3.63) is 93.1 Å². The van der Waals surface area contributed by atoms with Gasteiger partial charge in [-0.05, 0) is 42.5 Å². The largest absolute Gasteiger partial charge is 0.508 e. The van der Waals surface area contributed by atoms with Crippen molar-refractivity contribution in [2.75, 3.05) is 4.72 Å². The Morgan fingerprint density at radius 2 is 1.68 bits per heavy atom. The molecule has 4 rings (SSSR count). The number of sulfonamides is 1. The van der Waals surface area contributed by atoms with Crippen LogP contribution in [-0.4, -0.2) is 18.4 Å². The summed E-state index contributed by atoms with van der Waals surface area (Å²) in [5.41, 5.74) is -0.0768. The van der Waals surface area contributed by atoms with Crippen LogP contribution in [0.5, 0.6) is 5.75 Å². The van der Waals surface area contributed by atoms with Crippen LogP contribution in [0.2, 0.25) is 0 Å². The Kier molecular flexibility index (Phi) is 4.91. The van der Waals surface area contributed by atoms with Gasteiger partial charge in [0.05, 0.1) is 20.9 Å². The predicted octanol–water partition coefficient (Wildman–Crippen LogP) is 3.87. The number of hydrogen-bond donors (Lipinski definition) is 2. The minimum atomic E-state index is -4.13. The molecule has 0 aliphatic carbocycles. The number of aromatic hydroxyl groups is 1. The van der Waals surface area contributed by atoms with Crippen molar-refractivity contribution < 1.29 is 22.9 Å². The Labute approximate surface area is 175 Å². The van der Waals surface area contributed by atoms with Gasteiger partial charge in [-0.2, -0.15) is 0 Å². The lowest BCUT2D eigenvalue weighted by Gasteiger charge is -2.13. The molecule has 0 fully saturated rings. The lowest BCUT2D eigenvalue weighted by atomic mass is 10.1. The molecule has 1 aromatic heterocycles. The van der Waals surface area contributed by atoms with Crippen LogP contribution in [0.1, 0.15) is 0 Å². The molecule has 0 amide bonds. The molecule has 0 radical (unpaired) electrons. The average Bonchev–Trinajstić information content (AvgIpc) is 2.75. The SMILES string of the molecule is O=c1cc(-c2cc(O)ccc2NS(=O)(=O)c2ccc([N+](=O)[O-])cc2)oc2ccccc12. The van der Waals surface area contributed by atoms with E-state index in [4.69, 9.17) is 4.42 Å². The number of nitro benzene ring substituents is 1. The molecular weight excluding hydrogens is 424 g/mol. The summed E-state index contributed by atoms with van der Waals surface area (Å²) in [7, 11) is -4.13. The Balaban J connectivity index is 1.79. The summed E-state index contributed by atoms with van der Waals surface area (Å²) in [6.45, 7) is 0. The number of phenolic OH excluding ortho intramolecular Hbond substituents is 1. The van der Waals surface area contributed by atoms with Gasteiger partial charge in [-0.25, -0.2) is 8.42 Å². The second-order valence-corrected chi connectivity index (χ2v) is 8.24. The van der Waals surface area contributed by atoms with Gasteiger partial charge in [-0.1, -0.05) is 12.1 Å². The van der Waals surface area contributed by atoms with E-state index in [2.05, 4.69) is 4.72 Å². The van der Waals surface area contributed by atoms with Crippen LogP contribution < -0.4 is 10.2 Å². The van der Waals surface area contributed by atoms with Gasteiger partial charge in [0.2, 0.25) is 0 Å². The number of phenols is 1. The van der Waals surface area contributed by atoms with Gasteiger partial charge in [-0.15, -0.1) is 0 Å². The molecule has 3 aromatic carbocycles. The molecule has 0 saturated heterocycles. The van der Waals surface area contributed by atoms with Crippen LogP contribution in [-0.2, 0) is 10.0 Å². The number of nitrogens with zero attached hydrogens (tertiary/aromatic N) is 1. The second kappa shape index (κ2) is 7.58. The lowest BCUT2D eigenvalue weighted by molar-refractivity contribution is -0.384. The van der Waals surface area contributed by atoms with Gasteiger partial charge >= 0.3 is 0 Å². The zero-order valence-corrected chi connectivity index (χ0v) is 16.5. The summed E-state index contributed by atoms with van der Waals surface area (Å²) in [4.78, 5) is 22.4. The average molecular weight is 438 g/mol. The molecule has 1 heterocycles. The lowest BCUT2D eigenvalue weighted by Crippen LogP contribution is -2.14. The molecule has 9 nitrogen and oxygen atoms in total. The van der Waals surface area contributed by atoms with Crippen molar-refractivity contribution in [1.29, 1.82) is 0 Å². The number of nitrogens with one attached hydrogen (secondary N) is 1. The minimum absolute atomic E-state index is 0.0505. The van der Waals surface area contributed by atoms with E-state index >= 15 is 0 Å². The number of rotatable bonds is 5. The van der Waals surface area contributed by atoms with E-state index in [-0.39, 0.29) is 38.8 Å². The topological polar surface area (TPSA) is 140 Å². The summed E-state index contributed by atoms with van der Waals surface area (Å²) in [6, 6.07) is 16.0. The molecule has 0 aliphatic rings. The van der Waals surface area contributed by atoms with Gasteiger partial charge < -0.3 is 9.52 Å². The van der Waals surface area contributed by atoms with Gasteiger partial charge in [0.15, 0.2) is 5.43 Å². The number of nitro groups is 1. The van der Waals surface area contributed by atoms with Crippen molar-refractivity contribution in [3.63, 3.8) is 0 Å². The highest BCUT2D eigenvalue weighted by atomic mass is 32.2. The Hall–Kier alpha value is -4.18. The van der Waals surface area contributed by atoms with Crippen molar-refractivity contribution in [2.45, 2.75) is 4.90 Å². The quantitative estimate of drug-likeness (QED) is 0.274. The maximum absolute atomic E-state index is 12.8. The predicted molar refractivity (Wildman–Crippen MR) is 113 cm³/mol. The standard InChI is InChI=1S/C21H14N2O7S/c24-14-7-10-18(22-31(28,29)15-8-5-13(6-9-15)23(26)27)17(11-14)21-12-19(25)16-3-1-2-4-20(16)30-21/h1-12,22,24H. The fraction of sp³-hybridized carbons (Fsp3) is 0. The van der Waals surface area contributed by atoms with Crippen molar-refractivity contribution in [3.8, 4) is 17.1 Å². The smallest absolute Gasteiger partial charge is 0.269 e. The summed E-state index contributed by atoms with van der Waals surface area (Å²) >= 11 is 0. The third kappa shape index (κ3) is 3.96. The number of anilines is 1. The molecular formula is C21H14N2O7S. The van der Waals surface area contributed by atoms with Crippen LogP contribution in [0.3, 0.4) is 0 Å². The normalized spacial score (nSPS) is 11.4. The number of non-ortho nitro benzene ring substituents is 1. The van der Waals surface area contributed by atoms with E-state index in [1.54, 1.807) is 24.3 Å². The van der Waals surface area contributed by atoms with E-state index in [0.717, 1.165) is 24.3 Å². The van der Waals surface area contributed by atoms with Gasteiger partial charge in [-0.3, -0.25) is 19.6 Å². The first-order valence-electron chi connectivity index (χ1n) is 8.88. The molecule has 31 heavy (non-hydrogen) atoms. The Morgan fingerprint density at radius 3 is 2.39 bits per heavy atom. The van der Waals surface area contributed by atoms with Gasteiger partial charge in [0, 0.05) is 23.8 Å². The van der Waals surface area contributed by atoms with E-state index in [1.165, 1.54) is 24.3 Å². The molecule has 0 saturated carbocycles. The highest BCUT2D eigenvalue weighted by molar-refractivity contribution is 7.92. The first kappa shape index (κ1) is 20.1. The maximum Gasteiger partial charge on any atom is 0.269 e. The highest BCUT2D eigenvalue weighted by Gasteiger charge is 2.20. The van der Waals surface area contributed by atoms with Crippen LogP contribution in [0.4, 0.5) is 11.4 Å². The molecule has 10 heteroatoms. The molecule has 0 aliphatic heterocycles. The van der Waals surface area contributed by atoms with E-state index < -0.39 is 14.9 Å². The number of hydrogen-bond acceptors (Lipinski definition) is 7. The van der Waals surface area contributed by atoms with Crippen molar-refractivity contribution in [2.24, 2.45) is 0 Å². The van der Waals surface area contributed by atoms with E-state index in [0.29, 0.717) is 11.0 Å². The highest BCUT2D eigenvalue weighted by Crippen LogP contribution is 2.33. The summed E-state index contributed by atoms with van der Waals surface area (Å²) in [5, 5.41) is 21.1. The zero-order chi connectivity index (χ0) is 22.2. The van der Waals surface area contributed by atoms with Crippen LogP contribution in [0.15, 0.2) is 86.9 Å². The fourth-order valence-electron chi connectivity index (χ4n) is 3.01. The fourth-order valence-corrected chi connectivity index (χ4v) is 4.09. The maximum atomic E-state index is 12.8. The Bertz CT molecular complexity index is 1480. The first-order valence-corrected chi connectivity index (χ1v) is 10.4. The molecule has 0 unspecified atom stereocenters. The first-order chi connectivity index (χ1) is 14.7. The summed E-state index contributed by atoms with van der Waals surface area (Å²) < 4.78 is 33.7. The number of fused-ring (bicyclic) bond motifs is 1. The van der Waals surface area contributed by atoms with Crippen molar-refractivity contribution >= 4 is 32.4 Å². The molecule has 4 aromatic rings. The molecule has 0 atom stereocenters. The second-order valence-electron chi connectivity index (χ2n) is 6.56. The molecule has 0 bridgehead atoms. The minimum Gasteiger partial charge on any atom is -0.508 e. The number of benzene rings is 3. The van der Waals surface area contributed by atoms with Crippen LogP contribution >= 0.6 is 0 Å². The summed E-state index contributed by atoms with van der Waals surface area (Å²) in [6.07, 6.45) is 0. The monoisotopic (exact) mass is 438 g/mol. The van der Waals surface area contributed by atoms with Crippen LogP contribution in [0, 0.1) is 10.1 Å². The third-order valence-electron chi connectivity index (χ3n) is 4.51. The Morgan fingerprint density at radius 1 is 0.968 bits per heavy atom. The molecule has 156 valence electrons. The van der Waals surface area contributed by atoms with E-state index in [9.17, 15) is 28.4 Å². The van der Waals surface area contributed by atoms with Crippen LogP contribution in [0.25, 0.3) is 22.3 Å². The van der Waals surface area contributed by atoms with Gasteiger partial charge in [0.25, 0.3) is 15.7 Å². The zero-order valence-electron chi connectivity index (χ0n) is 15.7. The van der Waals surface area contributed by atoms with E-state index in [1.807, 2.05) is 0 Å². The number of para-hydroxylation sites is 1. The molecule has 2 N–H and O–H groups in total. The van der Waals surface area contributed by atoms with Gasteiger partial charge in [0.1, 0.15) is 17.1 Å². The summed E-state index contributed by atoms with van der Waals surface area (Å²) in [5.74, 6) is -0.106. The molecule has 0 spiro atoms. The third-order valence-corrected chi connectivity index (χ3v) is 5.89.